The van der Waals surface area contributed by atoms with Crippen LogP contribution >= 0.6 is 22.9 Å². The number of nitrogens with zero attached hydrogens (tertiary/aromatic N) is 2. The van der Waals surface area contributed by atoms with E-state index < -0.39 is 0 Å². The van der Waals surface area contributed by atoms with E-state index in [2.05, 4.69) is 15.5 Å². The quantitative estimate of drug-likeness (QED) is 0.479. The van der Waals surface area contributed by atoms with Gasteiger partial charge in [-0.15, -0.1) is 10.2 Å². The van der Waals surface area contributed by atoms with Gasteiger partial charge in [-0.05, 0) is 54.3 Å². The van der Waals surface area contributed by atoms with E-state index in [1.54, 1.807) is 13.2 Å². The first-order chi connectivity index (χ1) is 14.6. The Kier molecular flexibility index (Phi) is 6.30. The van der Waals surface area contributed by atoms with Crippen LogP contribution in [0.3, 0.4) is 0 Å². The lowest BCUT2D eigenvalue weighted by Gasteiger charge is -2.11. The minimum Gasteiger partial charge on any atom is -0.493 e. The molecule has 2 aromatic carbocycles. The number of ether oxygens (including phenoxy) is 2. The predicted octanol–water partition coefficient (Wildman–Crippen LogP) is 5.31. The van der Waals surface area contributed by atoms with Crippen molar-refractivity contribution in [2.45, 2.75) is 25.4 Å². The summed E-state index contributed by atoms with van der Waals surface area (Å²) in [7, 11) is 1.58. The lowest BCUT2D eigenvalue weighted by atomic mass is 10.2. The molecular formula is C22H20ClN3O3S. The van der Waals surface area contributed by atoms with E-state index in [0.29, 0.717) is 34.2 Å². The van der Waals surface area contributed by atoms with E-state index in [0.717, 1.165) is 29.0 Å². The zero-order chi connectivity index (χ0) is 20.9. The van der Waals surface area contributed by atoms with Gasteiger partial charge >= 0.3 is 0 Å². The summed E-state index contributed by atoms with van der Waals surface area (Å²) in [4.78, 5) is 12.2. The van der Waals surface area contributed by atoms with E-state index in [-0.39, 0.29) is 5.91 Å². The van der Waals surface area contributed by atoms with Gasteiger partial charge in [0, 0.05) is 17.0 Å². The number of hydrogen-bond acceptors (Lipinski definition) is 6. The van der Waals surface area contributed by atoms with Gasteiger partial charge in [-0.25, -0.2) is 0 Å². The van der Waals surface area contributed by atoms with Crippen molar-refractivity contribution in [2.24, 2.45) is 0 Å². The molecule has 0 atom stereocenters. The van der Waals surface area contributed by atoms with Gasteiger partial charge < -0.3 is 9.47 Å². The largest absolute Gasteiger partial charge is 0.493 e. The molecule has 1 aliphatic rings. The maximum Gasteiger partial charge on any atom is 0.250 e. The molecule has 30 heavy (non-hydrogen) atoms. The average molecular weight is 442 g/mol. The summed E-state index contributed by atoms with van der Waals surface area (Å²) in [6.45, 7) is 0.399. The molecule has 154 valence electrons. The fraction of sp³-hybridized carbons (Fsp3) is 0.227. The third-order valence-corrected chi connectivity index (χ3v) is 5.77. The third kappa shape index (κ3) is 5.37. The number of carbonyl (C=O) groups excluding carboxylic acids is 1. The molecule has 1 saturated carbocycles. The van der Waals surface area contributed by atoms with Crippen molar-refractivity contribution >= 4 is 40.1 Å². The van der Waals surface area contributed by atoms with Crippen LogP contribution in [-0.4, -0.2) is 23.2 Å². The SMILES string of the molecule is COc1cc(/C=C/C(=O)Nc2nnc(C3CC3)s2)ccc1OCc1ccc(Cl)cc1. The minimum atomic E-state index is -0.254. The zero-order valence-corrected chi connectivity index (χ0v) is 17.9. The highest BCUT2D eigenvalue weighted by atomic mass is 35.5. The normalized spacial score (nSPS) is 13.4. The average Bonchev–Trinajstić information content (AvgIpc) is 3.51. The van der Waals surface area contributed by atoms with Gasteiger partial charge in [0.2, 0.25) is 11.0 Å². The lowest BCUT2D eigenvalue weighted by Crippen LogP contribution is -2.07. The molecule has 1 heterocycles. The van der Waals surface area contributed by atoms with Crippen LogP contribution in [0, 0.1) is 0 Å². The molecule has 0 saturated heterocycles. The Morgan fingerprint density at radius 3 is 2.73 bits per heavy atom. The molecule has 8 heteroatoms. The summed E-state index contributed by atoms with van der Waals surface area (Å²) in [5.41, 5.74) is 1.82. The Morgan fingerprint density at radius 1 is 1.20 bits per heavy atom. The van der Waals surface area contributed by atoms with Crippen LogP contribution in [0.15, 0.2) is 48.5 Å². The first-order valence-electron chi connectivity index (χ1n) is 9.48. The molecule has 0 aliphatic heterocycles. The molecular weight excluding hydrogens is 422 g/mol. The number of aromatic nitrogens is 2. The molecule has 6 nitrogen and oxygen atoms in total. The molecule has 4 rings (SSSR count). The van der Waals surface area contributed by atoms with Gasteiger partial charge in [0.05, 0.1) is 7.11 Å². The monoisotopic (exact) mass is 441 g/mol. The molecule has 0 spiro atoms. The number of amides is 1. The van der Waals surface area contributed by atoms with Gasteiger partial charge in [-0.3, -0.25) is 10.1 Å². The molecule has 3 aromatic rings. The Labute approximate surface area is 183 Å². The van der Waals surface area contributed by atoms with Crippen molar-refractivity contribution in [1.82, 2.24) is 10.2 Å². The minimum absolute atomic E-state index is 0.254. The van der Waals surface area contributed by atoms with Gasteiger partial charge in [-0.2, -0.15) is 0 Å². The van der Waals surface area contributed by atoms with E-state index in [9.17, 15) is 4.79 Å². The number of halogens is 1. The number of nitrogens with one attached hydrogen (secondary N) is 1. The molecule has 1 N–H and O–H groups in total. The Hall–Kier alpha value is -2.90. The molecule has 1 aromatic heterocycles. The van der Waals surface area contributed by atoms with E-state index in [4.69, 9.17) is 21.1 Å². The topological polar surface area (TPSA) is 73.3 Å². The third-order valence-electron chi connectivity index (χ3n) is 4.52. The maximum atomic E-state index is 12.2. The maximum absolute atomic E-state index is 12.2. The first kappa shape index (κ1) is 20.4. The molecule has 0 radical (unpaired) electrons. The summed E-state index contributed by atoms with van der Waals surface area (Å²) in [6.07, 6.45) is 5.48. The van der Waals surface area contributed by atoms with Crippen LogP contribution in [0.4, 0.5) is 5.13 Å². The van der Waals surface area contributed by atoms with Crippen LogP contribution in [0.2, 0.25) is 5.02 Å². The lowest BCUT2D eigenvalue weighted by molar-refractivity contribution is -0.111. The van der Waals surface area contributed by atoms with Crippen molar-refractivity contribution in [2.75, 3.05) is 12.4 Å². The highest BCUT2D eigenvalue weighted by Gasteiger charge is 2.27. The van der Waals surface area contributed by atoms with Gasteiger partial charge in [0.25, 0.3) is 0 Å². The summed E-state index contributed by atoms with van der Waals surface area (Å²) >= 11 is 7.34. The smallest absolute Gasteiger partial charge is 0.250 e. The number of methoxy groups -OCH3 is 1. The van der Waals surface area contributed by atoms with Crippen molar-refractivity contribution in [3.8, 4) is 11.5 Å². The number of anilines is 1. The number of benzene rings is 2. The van der Waals surface area contributed by atoms with Crippen LogP contribution in [0.5, 0.6) is 11.5 Å². The highest BCUT2D eigenvalue weighted by Crippen LogP contribution is 2.42. The second-order valence-corrected chi connectivity index (χ2v) is 8.31. The Morgan fingerprint density at radius 2 is 2.00 bits per heavy atom. The van der Waals surface area contributed by atoms with Crippen LogP contribution in [0.1, 0.15) is 34.9 Å². The van der Waals surface area contributed by atoms with Crippen molar-refractivity contribution in [3.05, 3.63) is 69.7 Å². The standard InChI is InChI=1S/C22H20ClN3O3S/c1-28-19-12-14(4-10-18(19)29-13-15-2-8-17(23)9-3-15)5-11-20(27)24-22-26-25-21(30-22)16-6-7-16/h2-5,8-12,16H,6-7,13H2,1H3,(H,24,26,27)/b11-5+. The highest BCUT2D eigenvalue weighted by molar-refractivity contribution is 7.15. The molecule has 1 aliphatic carbocycles. The number of rotatable bonds is 8. The van der Waals surface area contributed by atoms with Gasteiger partial charge in [-0.1, -0.05) is 41.1 Å². The van der Waals surface area contributed by atoms with Crippen LogP contribution < -0.4 is 14.8 Å². The first-order valence-corrected chi connectivity index (χ1v) is 10.7. The van der Waals surface area contributed by atoms with Crippen LogP contribution in [-0.2, 0) is 11.4 Å². The van der Waals surface area contributed by atoms with E-state index >= 15 is 0 Å². The van der Waals surface area contributed by atoms with Crippen molar-refractivity contribution < 1.29 is 14.3 Å². The Balaban J connectivity index is 1.36. The summed E-state index contributed by atoms with van der Waals surface area (Å²) < 4.78 is 11.3. The van der Waals surface area contributed by atoms with Crippen LogP contribution in [0.25, 0.3) is 6.08 Å². The molecule has 0 bridgehead atoms. The van der Waals surface area contributed by atoms with Gasteiger partial charge in [0.1, 0.15) is 11.6 Å². The number of hydrogen-bond donors (Lipinski definition) is 1. The van der Waals surface area contributed by atoms with Gasteiger partial charge in [0.15, 0.2) is 11.5 Å². The van der Waals surface area contributed by atoms with E-state index in [1.807, 2.05) is 42.5 Å². The summed E-state index contributed by atoms with van der Waals surface area (Å²) in [5, 5.41) is 13.1. The second kappa shape index (κ2) is 9.28. The van der Waals surface area contributed by atoms with Crippen molar-refractivity contribution in [1.29, 1.82) is 0 Å². The zero-order valence-electron chi connectivity index (χ0n) is 16.3. The second-order valence-electron chi connectivity index (χ2n) is 6.87. The number of carbonyl (C=O) groups is 1. The fourth-order valence-electron chi connectivity index (χ4n) is 2.75. The molecule has 1 amide bonds. The van der Waals surface area contributed by atoms with Crippen molar-refractivity contribution in [3.63, 3.8) is 0 Å². The molecule has 0 unspecified atom stereocenters. The summed E-state index contributed by atoms with van der Waals surface area (Å²) in [5.74, 6) is 1.48. The fourth-order valence-corrected chi connectivity index (χ4v) is 3.79. The molecule has 1 fully saturated rings. The summed E-state index contributed by atoms with van der Waals surface area (Å²) in [6, 6.07) is 13.0. The van der Waals surface area contributed by atoms with E-state index in [1.165, 1.54) is 17.4 Å². The Bertz CT molecular complexity index is 1060. The predicted molar refractivity (Wildman–Crippen MR) is 118 cm³/mol.